The number of hydrogen-bond acceptors (Lipinski definition) is 0. The summed E-state index contributed by atoms with van der Waals surface area (Å²) in [5.41, 5.74) is 0. The van der Waals surface area contributed by atoms with Gasteiger partial charge in [0.15, 0.2) is 0 Å². The Morgan fingerprint density at radius 3 is 1.00 bits per heavy atom. The Hall–Kier alpha value is 0.730. The van der Waals surface area contributed by atoms with E-state index in [9.17, 15) is 0 Å². The van der Waals surface area contributed by atoms with E-state index in [1.54, 1.807) is 0 Å². The van der Waals surface area contributed by atoms with E-state index in [1.165, 1.54) is 19.3 Å². The summed E-state index contributed by atoms with van der Waals surface area (Å²) < 4.78 is 0. The van der Waals surface area contributed by atoms with Crippen molar-refractivity contribution < 1.29 is 0 Å². The Balaban J connectivity index is 0.0000000900. The molecule has 1 heteroatoms. The average Bonchev–Trinajstić information content (AvgIpc) is 1.46. The smallest absolute Gasteiger partial charge is 0.0533 e. The van der Waals surface area contributed by atoms with E-state index in [-0.39, 0.29) is 24.0 Å². The van der Waals surface area contributed by atoms with Gasteiger partial charge in [-0.2, -0.15) is 0 Å². The molecule has 1 aliphatic rings. The van der Waals surface area contributed by atoms with Crippen molar-refractivity contribution in [1.29, 1.82) is 0 Å². The molecule has 0 atom stereocenters. The van der Waals surface area contributed by atoms with Crippen LogP contribution in [0.5, 0.6) is 0 Å². The second-order valence-electron chi connectivity index (χ2n) is 1.06. The van der Waals surface area contributed by atoms with Crippen molar-refractivity contribution in [2.24, 2.45) is 0 Å². The molecule has 0 N–H and O–H groups in total. The molecule has 0 aliphatic heterocycles. The molecule has 0 bridgehead atoms. The Bertz CT molecular complexity index is 8.00. The molecule has 0 nitrogen and oxygen atoms in total. The van der Waals surface area contributed by atoms with Crippen LogP contribution < -0.4 is 0 Å². The Morgan fingerprint density at radius 2 is 1.00 bits per heavy atom. The van der Waals surface area contributed by atoms with Crippen molar-refractivity contribution in [2.45, 2.75) is 19.3 Å². The van der Waals surface area contributed by atoms with Gasteiger partial charge in [-0.15, -0.1) is 24.0 Å². The summed E-state index contributed by atoms with van der Waals surface area (Å²) in [7, 11) is 0. The van der Waals surface area contributed by atoms with Gasteiger partial charge >= 0.3 is 0 Å². The lowest BCUT2D eigenvalue weighted by molar-refractivity contribution is 1.50. The largest absolute Gasteiger partial charge is 0.107 e. The van der Waals surface area contributed by atoms with Crippen LogP contribution in [0.1, 0.15) is 19.3 Å². The molecule has 1 fully saturated rings. The molecular formula is C3H7I. The van der Waals surface area contributed by atoms with Gasteiger partial charge in [0, 0.05) is 0 Å². The molecule has 0 aromatic heterocycles. The van der Waals surface area contributed by atoms with E-state index in [0.717, 1.165) is 0 Å². The molecule has 1 aliphatic carbocycles. The Labute approximate surface area is 43.6 Å². The van der Waals surface area contributed by atoms with Crippen LogP contribution in [0.25, 0.3) is 0 Å². The van der Waals surface area contributed by atoms with Gasteiger partial charge in [0.05, 0.1) is 0 Å². The quantitative estimate of drug-likeness (QED) is 0.486. The van der Waals surface area contributed by atoms with E-state index in [2.05, 4.69) is 0 Å². The first-order valence-electron chi connectivity index (χ1n) is 1.50. The lowest BCUT2D eigenvalue weighted by Crippen LogP contribution is -0.856. The van der Waals surface area contributed by atoms with Gasteiger partial charge in [-0.1, -0.05) is 19.3 Å². The van der Waals surface area contributed by atoms with Gasteiger partial charge in [0.1, 0.15) is 0 Å². The maximum absolute atomic E-state index is 1.50. The van der Waals surface area contributed by atoms with E-state index in [0.29, 0.717) is 0 Å². The molecule has 0 aromatic carbocycles. The number of rotatable bonds is 0. The highest BCUT2D eigenvalue weighted by molar-refractivity contribution is 14.0. The maximum Gasteiger partial charge on any atom is -0.0533 e. The minimum absolute atomic E-state index is 0. The summed E-state index contributed by atoms with van der Waals surface area (Å²) in [6, 6.07) is 0. The average molecular weight is 170 g/mol. The van der Waals surface area contributed by atoms with Crippen molar-refractivity contribution >= 4 is 24.0 Å². The van der Waals surface area contributed by atoms with Crippen molar-refractivity contribution in [1.82, 2.24) is 0 Å². The van der Waals surface area contributed by atoms with Crippen LogP contribution in [-0.2, 0) is 0 Å². The molecule has 4 heavy (non-hydrogen) atoms. The van der Waals surface area contributed by atoms with Crippen LogP contribution in [0.3, 0.4) is 0 Å². The highest BCUT2D eigenvalue weighted by atomic mass is 127. The predicted octanol–water partition coefficient (Wildman–Crippen LogP) is 1.79. The van der Waals surface area contributed by atoms with Gasteiger partial charge < -0.3 is 0 Å². The zero-order valence-corrected chi connectivity index (χ0v) is 4.86. The van der Waals surface area contributed by atoms with Gasteiger partial charge in [0.2, 0.25) is 0 Å². The second-order valence-corrected chi connectivity index (χ2v) is 1.06. The van der Waals surface area contributed by atoms with Crippen molar-refractivity contribution in [3.05, 3.63) is 0 Å². The van der Waals surface area contributed by atoms with Crippen molar-refractivity contribution in [3.63, 3.8) is 0 Å². The molecule has 0 heterocycles. The van der Waals surface area contributed by atoms with Crippen LogP contribution in [-0.4, -0.2) is 0 Å². The molecule has 0 saturated heterocycles. The standard InChI is InChI=1S/C3H6.HI/c1-2-3-1;/h1-3H2;1H. The maximum atomic E-state index is 1.50. The van der Waals surface area contributed by atoms with E-state index in [4.69, 9.17) is 0 Å². The third-order valence-corrected chi connectivity index (χ3v) is 0.354. The first-order valence-corrected chi connectivity index (χ1v) is 1.50. The van der Waals surface area contributed by atoms with Gasteiger partial charge in [0.25, 0.3) is 0 Å². The zero-order valence-electron chi connectivity index (χ0n) is 2.53. The summed E-state index contributed by atoms with van der Waals surface area (Å²) in [6.07, 6.45) is 4.50. The lowest BCUT2D eigenvalue weighted by Gasteiger charge is -1.05. The van der Waals surface area contributed by atoms with Gasteiger partial charge in [-0.05, 0) is 0 Å². The molecule has 1 saturated carbocycles. The van der Waals surface area contributed by atoms with Crippen LogP contribution in [0, 0.1) is 0 Å². The molecule has 0 aromatic rings. The molecule has 0 radical (unpaired) electrons. The van der Waals surface area contributed by atoms with Crippen molar-refractivity contribution in [3.8, 4) is 0 Å². The highest BCUT2D eigenvalue weighted by Gasteiger charge is 1.95. The SMILES string of the molecule is C1CC1.I. The van der Waals surface area contributed by atoms with Crippen LogP contribution in [0.15, 0.2) is 0 Å². The van der Waals surface area contributed by atoms with Crippen molar-refractivity contribution in [2.75, 3.05) is 0 Å². The summed E-state index contributed by atoms with van der Waals surface area (Å²) in [4.78, 5) is 0. The fraction of sp³-hybridized carbons (Fsp3) is 1.00. The van der Waals surface area contributed by atoms with E-state index >= 15 is 0 Å². The summed E-state index contributed by atoms with van der Waals surface area (Å²) >= 11 is 0. The summed E-state index contributed by atoms with van der Waals surface area (Å²) in [5, 5.41) is 0. The zero-order chi connectivity index (χ0) is 2.12. The van der Waals surface area contributed by atoms with E-state index in [1.807, 2.05) is 0 Å². The van der Waals surface area contributed by atoms with Crippen LogP contribution in [0.4, 0.5) is 0 Å². The van der Waals surface area contributed by atoms with E-state index < -0.39 is 0 Å². The normalized spacial score (nSPS) is 18.0. The molecule has 0 unspecified atom stereocenters. The highest BCUT2D eigenvalue weighted by Crippen LogP contribution is 2.14. The van der Waals surface area contributed by atoms with Gasteiger partial charge in [-0.25, -0.2) is 0 Å². The van der Waals surface area contributed by atoms with Crippen LogP contribution in [0.2, 0.25) is 0 Å². The second kappa shape index (κ2) is 2.00. The fourth-order valence-corrected chi connectivity index (χ4v) is 0. The van der Waals surface area contributed by atoms with Gasteiger partial charge in [-0.3, -0.25) is 0 Å². The fourth-order valence-electron chi connectivity index (χ4n) is 0. The number of halogens is 1. The molecule has 1 rings (SSSR count). The third-order valence-electron chi connectivity index (χ3n) is 0.354. The summed E-state index contributed by atoms with van der Waals surface area (Å²) in [6.45, 7) is 0. The monoisotopic (exact) mass is 170 g/mol. The predicted molar refractivity (Wildman–Crippen MR) is 29.3 cm³/mol. The molecule has 0 spiro atoms. The molecule has 0 amide bonds. The Morgan fingerprint density at radius 1 is 0.750 bits per heavy atom. The first kappa shape index (κ1) is 4.73. The molecular weight excluding hydrogens is 163 g/mol. The molecule has 26 valence electrons. The Kier molecular flexibility index (Phi) is 2.36. The number of hydrogen-bond donors (Lipinski definition) is 0. The minimum atomic E-state index is 0. The first-order chi connectivity index (χ1) is 1.50. The summed E-state index contributed by atoms with van der Waals surface area (Å²) in [5.74, 6) is 0. The van der Waals surface area contributed by atoms with Crippen LogP contribution >= 0.6 is 24.0 Å². The topological polar surface area (TPSA) is 0 Å². The lowest BCUT2D eigenvalue weighted by atomic mass is 11.0. The third kappa shape index (κ3) is 2.73. The minimum Gasteiger partial charge on any atom is -0.107 e.